The monoisotopic (exact) mass is 356 g/mol. The van der Waals surface area contributed by atoms with Crippen molar-refractivity contribution in [2.24, 2.45) is 0 Å². The van der Waals surface area contributed by atoms with Gasteiger partial charge in [0.05, 0.1) is 27.4 Å². The van der Waals surface area contributed by atoms with E-state index in [-0.39, 0.29) is 6.04 Å². The number of benzene rings is 2. The van der Waals surface area contributed by atoms with Crippen molar-refractivity contribution in [3.63, 3.8) is 0 Å². The van der Waals surface area contributed by atoms with Gasteiger partial charge in [0.2, 0.25) is 5.75 Å². The third kappa shape index (κ3) is 3.79. The van der Waals surface area contributed by atoms with Gasteiger partial charge in [-0.2, -0.15) is 0 Å². The molecule has 1 atom stereocenters. The lowest BCUT2D eigenvalue weighted by molar-refractivity contribution is 0.197. The van der Waals surface area contributed by atoms with E-state index in [1.54, 1.807) is 21.3 Å². The molecule has 1 heterocycles. The lowest BCUT2D eigenvalue weighted by Crippen LogP contribution is -2.45. The highest BCUT2D eigenvalue weighted by molar-refractivity contribution is 5.55. The average molecular weight is 356 g/mol. The van der Waals surface area contributed by atoms with E-state index in [0.717, 1.165) is 31.7 Å². The Kier molecular flexibility index (Phi) is 6.01. The van der Waals surface area contributed by atoms with Gasteiger partial charge in [-0.05, 0) is 30.2 Å². The summed E-state index contributed by atoms with van der Waals surface area (Å²) in [4.78, 5) is 2.50. The molecule has 26 heavy (non-hydrogen) atoms. The molecule has 1 N–H and O–H groups in total. The predicted octanol–water partition coefficient (Wildman–Crippen LogP) is 3.02. The van der Waals surface area contributed by atoms with Crippen molar-refractivity contribution in [1.29, 1.82) is 0 Å². The number of piperazine rings is 1. The van der Waals surface area contributed by atoms with Crippen LogP contribution >= 0.6 is 0 Å². The fourth-order valence-corrected chi connectivity index (χ4v) is 3.56. The van der Waals surface area contributed by atoms with Crippen LogP contribution in [0, 0.1) is 6.92 Å². The Balaban J connectivity index is 2.10. The Morgan fingerprint density at radius 1 is 0.846 bits per heavy atom. The highest BCUT2D eigenvalue weighted by atomic mass is 16.5. The number of hydrogen-bond acceptors (Lipinski definition) is 5. The van der Waals surface area contributed by atoms with Crippen molar-refractivity contribution in [3.8, 4) is 17.2 Å². The van der Waals surface area contributed by atoms with E-state index in [2.05, 4.69) is 53.5 Å². The first-order chi connectivity index (χ1) is 12.7. The zero-order valence-electron chi connectivity index (χ0n) is 16.0. The molecule has 2 aromatic rings. The van der Waals surface area contributed by atoms with Crippen LogP contribution in [0.4, 0.5) is 0 Å². The summed E-state index contributed by atoms with van der Waals surface area (Å²) in [5.41, 5.74) is 3.68. The summed E-state index contributed by atoms with van der Waals surface area (Å²) in [5, 5.41) is 3.43. The zero-order valence-corrected chi connectivity index (χ0v) is 16.0. The van der Waals surface area contributed by atoms with Gasteiger partial charge in [-0.25, -0.2) is 0 Å². The zero-order chi connectivity index (χ0) is 18.5. The van der Waals surface area contributed by atoms with Crippen LogP contribution in [0.2, 0.25) is 0 Å². The van der Waals surface area contributed by atoms with Crippen LogP contribution in [-0.2, 0) is 0 Å². The standard InChI is InChI=1S/C21H28N2O3/c1-15-5-7-16(8-6-15)20(23-11-9-22-10-12-23)17-13-18(24-2)21(26-4)19(14-17)25-3/h5-8,13-14,20,22H,9-12H2,1-4H3. The van der Waals surface area contributed by atoms with Crippen LogP contribution in [0.3, 0.4) is 0 Å². The molecule has 1 saturated heterocycles. The molecule has 0 aliphatic carbocycles. The van der Waals surface area contributed by atoms with E-state index >= 15 is 0 Å². The van der Waals surface area contributed by atoms with E-state index < -0.39 is 0 Å². The van der Waals surface area contributed by atoms with Crippen LogP contribution in [-0.4, -0.2) is 52.4 Å². The van der Waals surface area contributed by atoms with Gasteiger partial charge in [0.15, 0.2) is 11.5 Å². The molecule has 1 unspecified atom stereocenters. The molecule has 0 bridgehead atoms. The van der Waals surface area contributed by atoms with Crippen LogP contribution in [0.25, 0.3) is 0 Å². The third-order valence-electron chi connectivity index (χ3n) is 4.91. The second-order valence-corrected chi connectivity index (χ2v) is 6.56. The van der Waals surface area contributed by atoms with E-state index in [0.29, 0.717) is 17.2 Å². The maximum absolute atomic E-state index is 5.58. The molecular weight excluding hydrogens is 328 g/mol. The first-order valence-electron chi connectivity index (χ1n) is 8.99. The number of ether oxygens (including phenoxy) is 3. The molecule has 140 valence electrons. The van der Waals surface area contributed by atoms with Gasteiger partial charge in [-0.1, -0.05) is 29.8 Å². The number of aryl methyl sites for hydroxylation is 1. The van der Waals surface area contributed by atoms with Gasteiger partial charge >= 0.3 is 0 Å². The minimum atomic E-state index is 0.145. The lowest BCUT2D eigenvalue weighted by atomic mass is 9.95. The van der Waals surface area contributed by atoms with Gasteiger partial charge in [0.1, 0.15) is 0 Å². The topological polar surface area (TPSA) is 43.0 Å². The van der Waals surface area contributed by atoms with Crippen LogP contribution in [0.1, 0.15) is 22.7 Å². The minimum absolute atomic E-state index is 0.145. The van der Waals surface area contributed by atoms with E-state index in [1.165, 1.54) is 11.1 Å². The highest BCUT2D eigenvalue weighted by Crippen LogP contribution is 2.42. The SMILES string of the molecule is COc1cc(C(c2ccc(C)cc2)N2CCNCC2)cc(OC)c1OC. The second kappa shape index (κ2) is 8.43. The number of rotatable bonds is 6. The van der Waals surface area contributed by atoms with Crippen molar-refractivity contribution >= 4 is 0 Å². The molecule has 1 fully saturated rings. The number of methoxy groups -OCH3 is 3. The van der Waals surface area contributed by atoms with Crippen molar-refractivity contribution in [2.45, 2.75) is 13.0 Å². The van der Waals surface area contributed by atoms with Crippen LogP contribution in [0.5, 0.6) is 17.2 Å². The highest BCUT2D eigenvalue weighted by Gasteiger charge is 2.26. The molecule has 0 spiro atoms. The van der Waals surface area contributed by atoms with Crippen LogP contribution < -0.4 is 19.5 Å². The lowest BCUT2D eigenvalue weighted by Gasteiger charge is -2.36. The summed E-state index contributed by atoms with van der Waals surface area (Å²) in [6.45, 7) is 6.09. The summed E-state index contributed by atoms with van der Waals surface area (Å²) in [7, 11) is 4.95. The Morgan fingerprint density at radius 3 is 1.92 bits per heavy atom. The molecule has 0 saturated carbocycles. The Labute approximate surface area is 155 Å². The number of nitrogens with zero attached hydrogens (tertiary/aromatic N) is 1. The van der Waals surface area contributed by atoms with Crippen LogP contribution in [0.15, 0.2) is 36.4 Å². The van der Waals surface area contributed by atoms with Crippen molar-refractivity contribution in [2.75, 3.05) is 47.5 Å². The fourth-order valence-electron chi connectivity index (χ4n) is 3.56. The summed E-state index contributed by atoms with van der Waals surface area (Å²) < 4.78 is 16.6. The van der Waals surface area contributed by atoms with E-state index in [4.69, 9.17) is 14.2 Å². The normalized spacial score (nSPS) is 16.2. The predicted molar refractivity (Wildman–Crippen MR) is 104 cm³/mol. The first-order valence-corrected chi connectivity index (χ1v) is 8.99. The third-order valence-corrected chi connectivity index (χ3v) is 4.91. The Morgan fingerprint density at radius 2 is 1.42 bits per heavy atom. The molecule has 5 nitrogen and oxygen atoms in total. The second-order valence-electron chi connectivity index (χ2n) is 6.56. The minimum Gasteiger partial charge on any atom is -0.493 e. The molecule has 0 aromatic heterocycles. The van der Waals surface area contributed by atoms with Gasteiger partial charge < -0.3 is 19.5 Å². The summed E-state index contributed by atoms with van der Waals surface area (Å²) in [5.74, 6) is 2.00. The molecule has 5 heteroatoms. The summed E-state index contributed by atoms with van der Waals surface area (Å²) in [6.07, 6.45) is 0. The Bertz CT molecular complexity index is 700. The van der Waals surface area contributed by atoms with Gasteiger partial charge in [-0.3, -0.25) is 4.90 Å². The van der Waals surface area contributed by atoms with Gasteiger partial charge in [0.25, 0.3) is 0 Å². The molecule has 3 rings (SSSR count). The quantitative estimate of drug-likeness (QED) is 0.862. The maximum Gasteiger partial charge on any atom is 0.203 e. The summed E-state index contributed by atoms with van der Waals surface area (Å²) >= 11 is 0. The largest absolute Gasteiger partial charge is 0.493 e. The molecular formula is C21H28N2O3. The number of hydrogen-bond donors (Lipinski definition) is 1. The molecule has 0 amide bonds. The smallest absolute Gasteiger partial charge is 0.203 e. The first kappa shape index (κ1) is 18.5. The van der Waals surface area contributed by atoms with Gasteiger partial charge in [-0.15, -0.1) is 0 Å². The van der Waals surface area contributed by atoms with Crippen molar-refractivity contribution in [1.82, 2.24) is 10.2 Å². The van der Waals surface area contributed by atoms with Crippen molar-refractivity contribution < 1.29 is 14.2 Å². The molecule has 2 aromatic carbocycles. The Hall–Kier alpha value is -2.24. The molecule has 1 aliphatic rings. The fraction of sp³-hybridized carbons (Fsp3) is 0.429. The average Bonchev–Trinajstić information content (AvgIpc) is 2.69. The number of nitrogens with one attached hydrogen (secondary N) is 1. The molecule has 0 radical (unpaired) electrons. The van der Waals surface area contributed by atoms with Crippen molar-refractivity contribution in [3.05, 3.63) is 53.1 Å². The van der Waals surface area contributed by atoms with Gasteiger partial charge in [0, 0.05) is 26.2 Å². The summed E-state index contributed by atoms with van der Waals surface area (Å²) in [6, 6.07) is 13.0. The maximum atomic E-state index is 5.58. The molecule has 1 aliphatic heterocycles. The van der Waals surface area contributed by atoms with E-state index in [1.807, 2.05) is 0 Å². The van der Waals surface area contributed by atoms with E-state index in [9.17, 15) is 0 Å².